The first-order valence-electron chi connectivity index (χ1n) is 12.5. The van der Waals surface area contributed by atoms with Gasteiger partial charge in [0.2, 0.25) is 0 Å². The molecule has 1 aromatic carbocycles. The van der Waals surface area contributed by atoms with Crippen LogP contribution in [-0.4, -0.2) is 15.9 Å². The van der Waals surface area contributed by atoms with Crippen molar-refractivity contribution in [1.29, 1.82) is 5.26 Å². The van der Waals surface area contributed by atoms with Crippen LogP contribution in [0, 0.1) is 22.7 Å². The number of benzene rings is 1. The highest BCUT2D eigenvalue weighted by molar-refractivity contribution is 5.81. The Bertz CT molecular complexity index is 887. The number of rotatable bonds is 14. The van der Waals surface area contributed by atoms with Gasteiger partial charge < -0.3 is 4.74 Å². The van der Waals surface area contributed by atoms with Gasteiger partial charge in [-0.25, -0.2) is 14.8 Å². The highest BCUT2D eigenvalue weighted by Crippen LogP contribution is 2.30. The molecule has 5 nitrogen and oxygen atoms in total. The quantitative estimate of drug-likeness (QED) is 0.172. The summed E-state index contributed by atoms with van der Waals surface area (Å²) in [5.41, 5.74) is 0.873. The molecule has 2 aromatic rings. The predicted octanol–water partition coefficient (Wildman–Crippen LogP) is 7.31. The molecule has 1 heterocycles. The molecular formula is C28H39N3O2. The maximum absolute atomic E-state index is 12.6. The van der Waals surface area contributed by atoms with Crippen molar-refractivity contribution in [1.82, 2.24) is 9.97 Å². The van der Waals surface area contributed by atoms with Crippen LogP contribution in [0.5, 0.6) is 5.75 Å². The summed E-state index contributed by atoms with van der Waals surface area (Å²) >= 11 is 0. The van der Waals surface area contributed by atoms with Gasteiger partial charge in [0.05, 0.1) is 6.07 Å². The molecule has 0 bridgehead atoms. The van der Waals surface area contributed by atoms with E-state index >= 15 is 0 Å². The minimum atomic E-state index is -1.15. The number of hydrogen-bond donors (Lipinski definition) is 0. The second-order valence-corrected chi connectivity index (χ2v) is 9.36. The van der Waals surface area contributed by atoms with E-state index in [9.17, 15) is 10.1 Å². The van der Waals surface area contributed by atoms with Crippen LogP contribution in [0.3, 0.4) is 0 Å². The lowest BCUT2D eigenvalue weighted by Crippen LogP contribution is -2.32. The summed E-state index contributed by atoms with van der Waals surface area (Å²) in [6, 6.07) is 9.27. The number of carbonyl (C=O) groups excluding carboxylic acids is 1. The van der Waals surface area contributed by atoms with E-state index in [4.69, 9.17) is 4.74 Å². The van der Waals surface area contributed by atoms with E-state index in [0.717, 1.165) is 24.0 Å². The number of hydrogen-bond acceptors (Lipinski definition) is 5. The zero-order chi connectivity index (χ0) is 24.1. The Morgan fingerprint density at radius 1 is 1.03 bits per heavy atom. The van der Waals surface area contributed by atoms with Gasteiger partial charge in [0.25, 0.3) is 0 Å². The van der Waals surface area contributed by atoms with Crippen molar-refractivity contribution in [2.24, 2.45) is 11.3 Å². The lowest BCUT2D eigenvalue weighted by Gasteiger charge is -2.22. The van der Waals surface area contributed by atoms with Gasteiger partial charge in [-0.2, -0.15) is 5.26 Å². The normalized spacial score (nSPS) is 13.7. The van der Waals surface area contributed by atoms with E-state index in [0.29, 0.717) is 18.0 Å². The van der Waals surface area contributed by atoms with E-state index in [1.807, 2.05) is 31.5 Å². The molecule has 0 spiro atoms. The summed E-state index contributed by atoms with van der Waals surface area (Å²) < 4.78 is 5.51. The number of aryl methyl sites for hydroxylation is 1. The number of ether oxygens (including phenoxy) is 1. The van der Waals surface area contributed by atoms with Crippen LogP contribution in [0.25, 0.3) is 11.4 Å². The third-order valence-electron chi connectivity index (χ3n) is 6.25. The monoisotopic (exact) mass is 449 g/mol. The third-order valence-corrected chi connectivity index (χ3v) is 6.25. The summed E-state index contributed by atoms with van der Waals surface area (Å²) in [6.45, 7) is 7.99. The van der Waals surface area contributed by atoms with Gasteiger partial charge in [-0.15, -0.1) is 0 Å². The molecule has 0 saturated heterocycles. The lowest BCUT2D eigenvalue weighted by molar-refractivity contribution is -0.142. The zero-order valence-electron chi connectivity index (χ0n) is 20.8. The van der Waals surface area contributed by atoms with E-state index in [1.165, 1.54) is 44.9 Å². The van der Waals surface area contributed by atoms with Crippen molar-refractivity contribution in [3.8, 4) is 23.2 Å². The number of esters is 1. The maximum Gasteiger partial charge on any atom is 0.331 e. The van der Waals surface area contributed by atoms with E-state index in [-0.39, 0.29) is 5.92 Å². The molecule has 0 saturated carbocycles. The van der Waals surface area contributed by atoms with Gasteiger partial charge >= 0.3 is 5.97 Å². The van der Waals surface area contributed by atoms with Crippen molar-refractivity contribution < 1.29 is 9.53 Å². The fourth-order valence-electron chi connectivity index (χ4n) is 3.83. The molecule has 0 N–H and O–H groups in total. The number of aromatic nitrogens is 2. The molecule has 178 valence electrons. The van der Waals surface area contributed by atoms with Crippen molar-refractivity contribution in [3.05, 3.63) is 42.2 Å². The fourth-order valence-corrected chi connectivity index (χ4v) is 3.83. The molecule has 2 rings (SSSR count). The largest absolute Gasteiger partial charge is 0.425 e. The average Bonchev–Trinajstić information content (AvgIpc) is 2.84. The molecular weight excluding hydrogens is 410 g/mol. The van der Waals surface area contributed by atoms with Crippen molar-refractivity contribution in [2.45, 2.75) is 91.9 Å². The van der Waals surface area contributed by atoms with E-state index < -0.39 is 11.4 Å². The van der Waals surface area contributed by atoms with Gasteiger partial charge in [-0.05, 0) is 61.9 Å². The summed E-state index contributed by atoms with van der Waals surface area (Å²) in [4.78, 5) is 21.6. The van der Waals surface area contributed by atoms with Crippen LogP contribution in [0.2, 0.25) is 0 Å². The summed E-state index contributed by atoms with van der Waals surface area (Å²) in [7, 11) is 0. The van der Waals surface area contributed by atoms with Crippen LogP contribution >= 0.6 is 0 Å². The molecule has 0 amide bonds. The standard InChI is InChI=1S/C28H39N3O2/c1-5-7-8-9-10-11-12-13-23-19-30-26(31-20-23)24-14-16-25(17-15-24)33-27(32)28(4,21-29)18-22(3)6-2/h14-17,19-20,22H,5-13,18H2,1-4H3. The second kappa shape index (κ2) is 13.7. The van der Waals surface area contributed by atoms with Crippen LogP contribution < -0.4 is 4.74 Å². The maximum atomic E-state index is 12.6. The van der Waals surface area contributed by atoms with Crippen LogP contribution in [0.1, 0.15) is 91.0 Å². The summed E-state index contributed by atoms with van der Waals surface area (Å²) in [6.07, 6.45) is 15.3. The van der Waals surface area contributed by atoms with Crippen molar-refractivity contribution in [2.75, 3.05) is 0 Å². The van der Waals surface area contributed by atoms with Gasteiger partial charge in [0, 0.05) is 18.0 Å². The van der Waals surface area contributed by atoms with Gasteiger partial charge in [0.15, 0.2) is 11.2 Å². The van der Waals surface area contributed by atoms with E-state index in [1.54, 1.807) is 19.1 Å². The second-order valence-electron chi connectivity index (χ2n) is 9.36. The Labute approximate surface area is 199 Å². The Balaban J connectivity index is 1.88. The first-order chi connectivity index (χ1) is 15.9. The number of carbonyl (C=O) groups is 1. The summed E-state index contributed by atoms with van der Waals surface area (Å²) in [5.74, 6) is 0.833. The van der Waals surface area contributed by atoms with E-state index in [2.05, 4.69) is 29.9 Å². The Kier molecular flexibility index (Phi) is 11.0. The highest BCUT2D eigenvalue weighted by Gasteiger charge is 2.36. The Morgan fingerprint density at radius 2 is 1.64 bits per heavy atom. The minimum Gasteiger partial charge on any atom is -0.425 e. The topological polar surface area (TPSA) is 75.9 Å². The predicted molar refractivity (Wildman–Crippen MR) is 133 cm³/mol. The van der Waals surface area contributed by atoms with Crippen LogP contribution in [0.15, 0.2) is 36.7 Å². The Morgan fingerprint density at radius 3 is 2.21 bits per heavy atom. The van der Waals surface area contributed by atoms with Crippen molar-refractivity contribution >= 4 is 5.97 Å². The molecule has 2 unspecified atom stereocenters. The highest BCUT2D eigenvalue weighted by atomic mass is 16.5. The molecule has 0 radical (unpaired) electrons. The van der Waals surface area contributed by atoms with Gasteiger partial charge in [-0.3, -0.25) is 0 Å². The smallest absolute Gasteiger partial charge is 0.331 e. The number of unbranched alkanes of at least 4 members (excludes halogenated alkanes) is 6. The minimum absolute atomic E-state index is 0.274. The molecule has 0 aliphatic rings. The number of nitrogens with zero attached hydrogens (tertiary/aromatic N) is 3. The molecule has 2 atom stereocenters. The first kappa shape index (κ1) is 26.5. The van der Waals surface area contributed by atoms with Gasteiger partial charge in [-0.1, -0.05) is 65.7 Å². The molecule has 0 fully saturated rings. The lowest BCUT2D eigenvalue weighted by atomic mass is 9.82. The molecule has 1 aromatic heterocycles. The average molecular weight is 450 g/mol. The number of nitriles is 1. The zero-order valence-corrected chi connectivity index (χ0v) is 20.8. The van der Waals surface area contributed by atoms with Crippen LogP contribution in [-0.2, 0) is 11.2 Å². The summed E-state index contributed by atoms with van der Waals surface area (Å²) in [5, 5.41) is 9.54. The molecule has 0 aliphatic heterocycles. The first-order valence-corrected chi connectivity index (χ1v) is 12.5. The third kappa shape index (κ3) is 8.61. The van der Waals surface area contributed by atoms with Crippen LogP contribution in [0.4, 0.5) is 0 Å². The molecule has 5 heteroatoms. The molecule has 0 aliphatic carbocycles. The Hall–Kier alpha value is -2.74. The fraction of sp³-hybridized carbons (Fsp3) is 0.571. The van der Waals surface area contributed by atoms with Gasteiger partial charge in [0.1, 0.15) is 5.75 Å². The van der Waals surface area contributed by atoms with Crippen molar-refractivity contribution in [3.63, 3.8) is 0 Å². The SMILES string of the molecule is CCCCCCCCCc1cnc(-c2ccc(OC(=O)C(C)(C#N)CC(C)CC)cc2)nc1. The molecule has 33 heavy (non-hydrogen) atoms.